The molecule has 0 atom stereocenters. The minimum absolute atomic E-state index is 0. The summed E-state index contributed by atoms with van der Waals surface area (Å²) in [6.07, 6.45) is 0. The zero-order valence-electron chi connectivity index (χ0n) is 3.33. The molecule has 1 N–H and O–H groups in total. The Morgan fingerprint density at radius 2 is 2.00 bits per heavy atom. The van der Waals surface area contributed by atoms with Crippen LogP contribution in [0.4, 0.5) is 0 Å². The Morgan fingerprint density at radius 1 is 1.56 bits per heavy atom. The van der Waals surface area contributed by atoms with Crippen LogP contribution in [0, 0.1) is 0 Å². The summed E-state index contributed by atoms with van der Waals surface area (Å²) < 4.78 is 13.0. The van der Waals surface area contributed by atoms with E-state index in [9.17, 15) is 9.00 Å². The first-order valence-electron chi connectivity index (χ1n) is 1.44. The van der Waals surface area contributed by atoms with Crippen molar-refractivity contribution in [1.29, 1.82) is 0 Å². The van der Waals surface area contributed by atoms with Crippen LogP contribution in [0.2, 0.25) is 0 Å². The first kappa shape index (κ1) is 16.9. The first-order chi connectivity index (χ1) is 3.31. The van der Waals surface area contributed by atoms with Crippen LogP contribution in [0.15, 0.2) is 0 Å². The molecule has 0 saturated heterocycles. The number of carbonyl (C=O) groups excluding carboxylic acids is 1. The molecule has 0 rings (SSSR count). The van der Waals surface area contributed by atoms with Crippen LogP contribution < -0.4 is 0 Å². The van der Waals surface area contributed by atoms with Gasteiger partial charge in [0, 0.05) is 0 Å². The maximum atomic E-state index is 9.73. The minimum atomic E-state index is -0.892. The summed E-state index contributed by atoms with van der Waals surface area (Å²) in [5.41, 5.74) is 0. The second-order valence-electron chi connectivity index (χ2n) is 0.696. The van der Waals surface area contributed by atoms with Gasteiger partial charge in [-0.2, -0.15) is 0 Å². The number of hydrogen-bond donors (Lipinski definition) is 2. The Hall–Kier alpha value is 1.58. The number of hydrogen-bond acceptors (Lipinski definition) is 4. The molecule has 0 amide bonds. The van der Waals surface area contributed by atoms with E-state index in [1.165, 1.54) is 0 Å². The summed E-state index contributed by atoms with van der Waals surface area (Å²) >= 11 is -0.720. The molecule has 0 aliphatic heterocycles. The first-order valence-corrected chi connectivity index (χ1v) is 2.17. The van der Waals surface area contributed by atoms with E-state index in [-0.39, 0.29) is 59.1 Å². The molecule has 0 aromatic heterocycles. The van der Waals surface area contributed by atoms with Gasteiger partial charge in [0.1, 0.15) is 6.61 Å². The van der Waals surface area contributed by atoms with Crippen molar-refractivity contribution in [1.82, 2.24) is 0 Å². The topological polar surface area (TPSA) is 63.6 Å². The molecule has 0 saturated carbocycles. The molecule has 46 valence electrons. The monoisotopic (exact) mass is 172 g/mol. The Morgan fingerprint density at radius 3 is 2.11 bits per heavy atom. The summed E-state index contributed by atoms with van der Waals surface area (Å²) in [6.45, 7) is -0.727. The molecule has 7 heteroatoms. The maximum absolute atomic E-state index is 9.73. The standard InChI is InChI=1S/C2H4O4S.2Na.2H/c3-1-2(4)6-7-5;;;;/h3,7H,1H2;;;;. The van der Waals surface area contributed by atoms with E-state index < -0.39 is 24.5 Å². The third kappa shape index (κ3) is 12.7. The summed E-state index contributed by atoms with van der Waals surface area (Å²) in [5.74, 6) is -0.892. The predicted molar refractivity (Wildman–Crippen MR) is 37.0 cm³/mol. The van der Waals surface area contributed by atoms with E-state index in [2.05, 4.69) is 4.18 Å². The van der Waals surface area contributed by atoms with Crippen LogP contribution >= 0.6 is 0 Å². The van der Waals surface area contributed by atoms with E-state index >= 15 is 0 Å². The van der Waals surface area contributed by atoms with Gasteiger partial charge < -0.3 is 9.29 Å². The van der Waals surface area contributed by atoms with Crippen molar-refractivity contribution in [2.75, 3.05) is 6.61 Å². The van der Waals surface area contributed by atoms with Gasteiger partial charge in [-0.3, -0.25) is 0 Å². The molecule has 9 heavy (non-hydrogen) atoms. The van der Waals surface area contributed by atoms with Gasteiger partial charge in [0.2, 0.25) is 0 Å². The van der Waals surface area contributed by atoms with Gasteiger partial charge in [-0.15, -0.1) is 0 Å². The van der Waals surface area contributed by atoms with Crippen LogP contribution in [0.3, 0.4) is 0 Å². The van der Waals surface area contributed by atoms with Gasteiger partial charge in [-0.1, -0.05) is 0 Å². The van der Waals surface area contributed by atoms with Gasteiger partial charge in [0.15, 0.2) is 11.9 Å². The molecule has 0 fully saturated rings. The van der Waals surface area contributed by atoms with E-state index in [0.29, 0.717) is 0 Å². The zero-order valence-corrected chi connectivity index (χ0v) is 4.22. The van der Waals surface area contributed by atoms with E-state index in [4.69, 9.17) is 5.11 Å². The SMILES string of the molecule is O=[SH]OC(=O)CO.[NaH].[NaH]. The fraction of sp³-hybridized carbons (Fsp3) is 0.500. The molecule has 4 nitrogen and oxygen atoms in total. The molecule has 0 radical (unpaired) electrons. The zero-order chi connectivity index (χ0) is 5.70. The van der Waals surface area contributed by atoms with E-state index in [0.717, 1.165) is 0 Å². The molecular formula is C2H6Na2O4S. The number of thiol groups is 1. The number of carbonyl (C=O) groups is 1. The van der Waals surface area contributed by atoms with Crippen molar-refractivity contribution in [2.24, 2.45) is 0 Å². The van der Waals surface area contributed by atoms with Gasteiger partial charge >= 0.3 is 65.1 Å². The molecule has 0 unspecified atom stereocenters. The van der Waals surface area contributed by atoms with Gasteiger partial charge in [0.25, 0.3) is 0 Å². The fourth-order valence-corrected chi connectivity index (χ4v) is 0.211. The fourth-order valence-electron chi connectivity index (χ4n) is 0.0704. The quantitative estimate of drug-likeness (QED) is 0.346. The molecule has 0 aromatic rings. The summed E-state index contributed by atoms with van der Waals surface area (Å²) in [4.78, 5) is 9.73. The van der Waals surface area contributed by atoms with Crippen LogP contribution in [-0.2, 0) is 20.9 Å². The second-order valence-corrected chi connectivity index (χ2v) is 1.03. The number of aliphatic hydroxyl groups excluding tert-OH is 1. The van der Waals surface area contributed by atoms with Crippen molar-refractivity contribution in [2.45, 2.75) is 0 Å². The van der Waals surface area contributed by atoms with Crippen molar-refractivity contribution < 1.29 is 18.3 Å². The summed E-state index contributed by atoms with van der Waals surface area (Å²) in [7, 11) is 0. The molecule has 0 aromatic carbocycles. The Bertz CT molecular complexity index is 86.6. The van der Waals surface area contributed by atoms with Crippen LogP contribution in [-0.4, -0.2) is 81.0 Å². The van der Waals surface area contributed by atoms with Crippen LogP contribution in [0.5, 0.6) is 0 Å². The normalized spacial score (nSPS) is 6.33. The average Bonchev–Trinajstić information content (AvgIpc) is 1.68. The number of rotatable bonds is 2. The molecule has 0 bridgehead atoms. The van der Waals surface area contributed by atoms with Gasteiger partial charge in [-0.25, -0.2) is 9.00 Å². The van der Waals surface area contributed by atoms with Crippen molar-refractivity contribution >= 4 is 77.0 Å². The molecular weight excluding hydrogens is 166 g/mol. The molecule has 0 heterocycles. The van der Waals surface area contributed by atoms with E-state index in [1.807, 2.05) is 0 Å². The number of aliphatic hydroxyl groups is 1. The average molecular weight is 172 g/mol. The van der Waals surface area contributed by atoms with Crippen molar-refractivity contribution in [3.8, 4) is 0 Å². The third-order valence-corrected chi connectivity index (χ3v) is 0.546. The van der Waals surface area contributed by atoms with Crippen LogP contribution in [0.1, 0.15) is 0 Å². The van der Waals surface area contributed by atoms with Gasteiger partial charge in [-0.05, 0) is 0 Å². The van der Waals surface area contributed by atoms with E-state index in [1.54, 1.807) is 0 Å². The van der Waals surface area contributed by atoms with Crippen LogP contribution in [0.25, 0.3) is 0 Å². The van der Waals surface area contributed by atoms with Crippen molar-refractivity contribution in [3.05, 3.63) is 0 Å². The Labute approximate surface area is 101 Å². The Balaban J connectivity index is -0.000000180. The van der Waals surface area contributed by atoms with Crippen molar-refractivity contribution in [3.63, 3.8) is 0 Å². The van der Waals surface area contributed by atoms with Gasteiger partial charge in [0.05, 0.1) is 0 Å². The molecule has 0 spiro atoms. The Kier molecular flexibility index (Phi) is 23.0. The summed E-state index contributed by atoms with van der Waals surface area (Å²) in [5, 5.41) is 7.85. The third-order valence-electron chi connectivity index (χ3n) is 0.268. The molecule has 0 aliphatic rings. The summed E-state index contributed by atoms with van der Waals surface area (Å²) in [6, 6.07) is 0. The second kappa shape index (κ2) is 12.3. The molecule has 0 aliphatic carbocycles. The predicted octanol–water partition coefficient (Wildman–Crippen LogP) is -2.91.